The van der Waals surface area contributed by atoms with E-state index in [1.54, 1.807) is 21.3 Å². The largest absolute Gasteiger partial charge is 0.497 e. The molecule has 194 valence electrons. The van der Waals surface area contributed by atoms with Crippen LogP contribution in [0.4, 0.5) is 5.95 Å². The average Bonchev–Trinajstić information content (AvgIpc) is 3.38. The van der Waals surface area contributed by atoms with E-state index in [-0.39, 0.29) is 6.04 Å². The fourth-order valence-corrected chi connectivity index (χ4v) is 5.49. The molecule has 3 aromatic carbocycles. The van der Waals surface area contributed by atoms with Gasteiger partial charge < -0.3 is 24.3 Å². The van der Waals surface area contributed by atoms with Crippen LogP contribution in [0.25, 0.3) is 5.70 Å². The smallest absolute Gasteiger partial charge is 0.227 e. The third-order valence-electron chi connectivity index (χ3n) is 6.74. The van der Waals surface area contributed by atoms with Gasteiger partial charge in [-0.2, -0.15) is 4.98 Å². The lowest BCUT2D eigenvalue weighted by Gasteiger charge is -2.39. The number of nitrogens with zero attached hydrogens (tertiary/aromatic N) is 3. The minimum Gasteiger partial charge on any atom is -0.497 e. The number of halogens is 1. The van der Waals surface area contributed by atoms with E-state index in [0.29, 0.717) is 33.4 Å². The Morgan fingerprint density at radius 2 is 1.68 bits per heavy atom. The van der Waals surface area contributed by atoms with Crippen LogP contribution < -0.4 is 24.3 Å². The van der Waals surface area contributed by atoms with Gasteiger partial charge in [-0.25, -0.2) is 4.68 Å². The summed E-state index contributed by atoms with van der Waals surface area (Å²) in [5, 5.41) is 9.67. The van der Waals surface area contributed by atoms with Crippen LogP contribution in [-0.4, -0.2) is 42.3 Å². The molecule has 0 bridgehead atoms. The summed E-state index contributed by atoms with van der Waals surface area (Å²) in [5.74, 6) is 3.40. The summed E-state index contributed by atoms with van der Waals surface area (Å²) in [4.78, 5) is 4.75. The Bertz CT molecular complexity index is 1550. The van der Waals surface area contributed by atoms with Gasteiger partial charge in [-0.1, -0.05) is 41.6 Å². The second-order valence-corrected chi connectivity index (χ2v) is 9.96. The van der Waals surface area contributed by atoms with Gasteiger partial charge in [-0.05, 0) is 54.3 Å². The number of fused-ring (bicyclic) bond motifs is 3. The first-order valence-electron chi connectivity index (χ1n) is 11.9. The maximum atomic E-state index is 6.72. The minimum absolute atomic E-state index is 0.314. The van der Waals surface area contributed by atoms with Crippen molar-refractivity contribution < 1.29 is 18.9 Å². The van der Waals surface area contributed by atoms with Crippen molar-refractivity contribution in [3.8, 4) is 23.0 Å². The molecule has 0 radical (unpaired) electrons. The van der Waals surface area contributed by atoms with Crippen molar-refractivity contribution in [2.45, 2.75) is 17.3 Å². The fraction of sp³-hybridized carbons (Fsp3) is 0.214. The maximum absolute atomic E-state index is 6.72. The molecule has 0 fully saturated rings. The highest BCUT2D eigenvalue weighted by Gasteiger charge is 2.41. The van der Waals surface area contributed by atoms with Gasteiger partial charge in [-0.3, -0.25) is 0 Å². The highest BCUT2D eigenvalue weighted by Crippen LogP contribution is 2.52. The molecule has 0 amide bonds. The van der Waals surface area contributed by atoms with E-state index in [0.717, 1.165) is 33.7 Å². The summed E-state index contributed by atoms with van der Waals surface area (Å²) >= 11 is 7.95. The van der Waals surface area contributed by atoms with E-state index in [4.69, 9.17) is 40.6 Å². The van der Waals surface area contributed by atoms with Gasteiger partial charge >= 0.3 is 0 Å². The first kappa shape index (κ1) is 24.5. The van der Waals surface area contributed by atoms with E-state index < -0.39 is 6.10 Å². The van der Waals surface area contributed by atoms with E-state index in [9.17, 15) is 0 Å². The molecule has 1 N–H and O–H groups in total. The Morgan fingerprint density at radius 1 is 0.921 bits per heavy atom. The van der Waals surface area contributed by atoms with Crippen molar-refractivity contribution in [1.29, 1.82) is 0 Å². The normalized spacial score (nSPS) is 17.5. The molecule has 1 aromatic heterocycles. The number of hydrogen-bond donors (Lipinski definition) is 1. The summed E-state index contributed by atoms with van der Waals surface area (Å²) in [6.07, 6.45) is 1.50. The van der Waals surface area contributed by atoms with Gasteiger partial charge in [0.1, 0.15) is 23.6 Å². The molecule has 0 spiro atoms. The van der Waals surface area contributed by atoms with Crippen molar-refractivity contribution >= 4 is 35.0 Å². The van der Waals surface area contributed by atoms with Crippen LogP contribution in [0.3, 0.4) is 0 Å². The van der Waals surface area contributed by atoms with E-state index in [1.807, 2.05) is 71.6 Å². The molecule has 3 heterocycles. The van der Waals surface area contributed by atoms with Crippen molar-refractivity contribution in [2.24, 2.45) is 0 Å². The SMILES string of the molecule is COc1ccc([C@H]2C3=C(Nc4nc(SC)nn42)c2cc(Cl)ccc2O[C@H]3c2ccc(OC)c(OC)c2)cc1. The van der Waals surface area contributed by atoms with Crippen molar-refractivity contribution in [1.82, 2.24) is 14.8 Å². The molecular weight excluding hydrogens is 524 g/mol. The molecule has 38 heavy (non-hydrogen) atoms. The molecule has 0 unspecified atom stereocenters. The number of ether oxygens (including phenoxy) is 4. The Balaban J connectivity index is 1.61. The number of aromatic nitrogens is 3. The van der Waals surface area contributed by atoms with Crippen molar-refractivity contribution in [3.63, 3.8) is 0 Å². The van der Waals surface area contributed by atoms with Crippen molar-refractivity contribution in [2.75, 3.05) is 32.9 Å². The van der Waals surface area contributed by atoms with Gasteiger partial charge in [0.15, 0.2) is 11.5 Å². The van der Waals surface area contributed by atoms with Gasteiger partial charge in [0, 0.05) is 21.7 Å². The fourth-order valence-electron chi connectivity index (χ4n) is 4.97. The molecule has 2 aliphatic heterocycles. The zero-order valence-electron chi connectivity index (χ0n) is 21.2. The molecule has 2 aliphatic rings. The monoisotopic (exact) mass is 548 g/mol. The standard InChI is InChI=1S/C28H25ClN4O4S/c1-34-18-9-5-15(6-10-18)25-23-24(30-27-31-28(38-4)32-33(25)27)19-14-17(29)8-12-20(19)37-26(23)16-7-11-21(35-2)22(13-16)36-3/h5-14,25-26H,1-4H3,(H,30,31,32)/t25-,26-/m0/s1. The highest BCUT2D eigenvalue weighted by molar-refractivity contribution is 7.98. The zero-order chi connectivity index (χ0) is 26.4. The van der Waals surface area contributed by atoms with Gasteiger partial charge in [0.05, 0.1) is 27.0 Å². The molecule has 0 saturated heterocycles. The molecule has 8 nitrogen and oxygen atoms in total. The third-order valence-corrected chi connectivity index (χ3v) is 7.51. The molecule has 0 saturated carbocycles. The van der Waals surface area contributed by atoms with Crippen LogP contribution in [0.1, 0.15) is 28.8 Å². The Morgan fingerprint density at radius 3 is 2.39 bits per heavy atom. The second-order valence-electron chi connectivity index (χ2n) is 8.75. The van der Waals surface area contributed by atoms with E-state index in [1.165, 1.54) is 11.8 Å². The number of nitrogens with one attached hydrogen (secondary N) is 1. The number of rotatable bonds is 6. The number of hydrogen-bond acceptors (Lipinski definition) is 8. The topological polar surface area (TPSA) is 79.7 Å². The molecular formula is C28H25ClN4O4S. The van der Waals surface area contributed by atoms with Crippen LogP contribution in [0, 0.1) is 0 Å². The summed E-state index contributed by atoms with van der Waals surface area (Å²) in [6.45, 7) is 0. The Labute approximate surface area is 229 Å². The number of anilines is 1. The molecule has 10 heteroatoms. The Kier molecular flexibility index (Phi) is 6.33. The average molecular weight is 549 g/mol. The van der Waals surface area contributed by atoms with Gasteiger partial charge in [0.2, 0.25) is 11.1 Å². The third kappa shape index (κ3) is 4.02. The minimum atomic E-state index is -0.465. The first-order valence-corrected chi connectivity index (χ1v) is 13.5. The van der Waals surface area contributed by atoms with Crippen LogP contribution in [-0.2, 0) is 0 Å². The second kappa shape index (κ2) is 9.81. The van der Waals surface area contributed by atoms with Crippen LogP contribution in [0.15, 0.2) is 71.4 Å². The summed E-state index contributed by atoms with van der Waals surface area (Å²) in [5.41, 5.74) is 4.65. The predicted molar refractivity (Wildman–Crippen MR) is 148 cm³/mol. The Hall–Kier alpha value is -3.82. The van der Waals surface area contributed by atoms with Crippen LogP contribution in [0.5, 0.6) is 23.0 Å². The van der Waals surface area contributed by atoms with E-state index >= 15 is 0 Å². The quantitative estimate of drug-likeness (QED) is 0.284. The predicted octanol–water partition coefficient (Wildman–Crippen LogP) is 6.24. The first-order chi connectivity index (χ1) is 18.5. The summed E-state index contributed by atoms with van der Waals surface area (Å²) in [7, 11) is 4.90. The molecule has 4 aromatic rings. The van der Waals surface area contributed by atoms with Crippen LogP contribution in [0.2, 0.25) is 5.02 Å². The number of methoxy groups -OCH3 is 3. The van der Waals surface area contributed by atoms with Crippen molar-refractivity contribution in [3.05, 3.63) is 87.9 Å². The summed E-state index contributed by atoms with van der Waals surface area (Å²) < 4.78 is 25.2. The molecule has 0 aliphatic carbocycles. The van der Waals surface area contributed by atoms with Gasteiger partial charge in [0.25, 0.3) is 0 Å². The molecule has 2 atom stereocenters. The van der Waals surface area contributed by atoms with Crippen LogP contribution >= 0.6 is 23.4 Å². The maximum Gasteiger partial charge on any atom is 0.227 e. The zero-order valence-corrected chi connectivity index (χ0v) is 22.8. The van der Waals surface area contributed by atoms with Gasteiger partial charge in [-0.15, -0.1) is 5.10 Å². The van der Waals surface area contributed by atoms with E-state index in [2.05, 4.69) is 5.32 Å². The molecule has 6 rings (SSSR count). The highest BCUT2D eigenvalue weighted by atomic mass is 35.5. The lowest BCUT2D eigenvalue weighted by atomic mass is 9.84. The lowest BCUT2D eigenvalue weighted by molar-refractivity contribution is 0.222. The lowest BCUT2D eigenvalue weighted by Crippen LogP contribution is -2.32. The number of thioether (sulfide) groups is 1. The summed E-state index contributed by atoms with van der Waals surface area (Å²) in [6, 6.07) is 19.1. The number of benzene rings is 3.